The fourth-order valence-electron chi connectivity index (χ4n) is 0.977. The van der Waals surface area contributed by atoms with Crippen LogP contribution in [-0.4, -0.2) is 27.3 Å². The van der Waals surface area contributed by atoms with Gasteiger partial charge in [0.1, 0.15) is 12.2 Å². The maximum absolute atomic E-state index is 12.0. The second kappa shape index (κ2) is 4.50. The number of carboxylic acid groups (broad SMARTS) is 1. The van der Waals surface area contributed by atoms with Gasteiger partial charge >= 0.3 is 5.97 Å². The van der Waals surface area contributed by atoms with E-state index in [1.54, 1.807) is 0 Å². The number of carbonyl (C=O) groups is 1. The molecule has 1 N–H and O–H groups in total. The molecule has 0 amide bonds. The fraction of sp³-hybridized carbons (Fsp3) is 0.429. The molecule has 4 nitrogen and oxygen atoms in total. The third-order valence-corrected chi connectivity index (χ3v) is 2.07. The number of aromatic nitrogens is 2. The van der Waals surface area contributed by atoms with E-state index in [-0.39, 0.29) is 5.69 Å². The molecule has 1 aromatic rings. The predicted molar refractivity (Wildman–Crippen MR) is 47.8 cm³/mol. The molecule has 0 aliphatic heterocycles. The molecule has 0 saturated heterocycles. The van der Waals surface area contributed by atoms with Crippen molar-refractivity contribution < 1.29 is 18.7 Å². The molecule has 0 spiro atoms. The lowest BCUT2D eigenvalue weighted by Gasteiger charge is -2.02. The average molecular weight is 269 g/mol. The van der Waals surface area contributed by atoms with E-state index in [4.69, 9.17) is 5.11 Å². The van der Waals surface area contributed by atoms with Gasteiger partial charge < -0.3 is 5.11 Å². The Balaban J connectivity index is 2.99. The van der Waals surface area contributed by atoms with Gasteiger partial charge in [0, 0.05) is 5.33 Å². The largest absolute Gasteiger partial charge is 0.477 e. The number of alkyl halides is 3. The van der Waals surface area contributed by atoms with Crippen LogP contribution < -0.4 is 0 Å². The van der Waals surface area contributed by atoms with Crippen molar-refractivity contribution in [3.8, 4) is 0 Å². The zero-order chi connectivity index (χ0) is 10.7. The van der Waals surface area contributed by atoms with E-state index in [0.717, 1.165) is 4.68 Å². The van der Waals surface area contributed by atoms with Crippen molar-refractivity contribution in [2.45, 2.75) is 18.3 Å². The third-order valence-electron chi connectivity index (χ3n) is 1.50. The average Bonchev–Trinajstić information content (AvgIpc) is 2.46. The molecule has 0 aromatic carbocycles. The molecule has 78 valence electrons. The molecule has 14 heavy (non-hydrogen) atoms. The van der Waals surface area contributed by atoms with Gasteiger partial charge in [0.05, 0.1) is 5.69 Å². The van der Waals surface area contributed by atoms with Crippen LogP contribution in [0.5, 0.6) is 0 Å². The van der Waals surface area contributed by atoms with Crippen LogP contribution in [0.3, 0.4) is 0 Å². The minimum Gasteiger partial charge on any atom is -0.477 e. The molecule has 1 heterocycles. The molecule has 1 rings (SSSR count). The zero-order valence-corrected chi connectivity index (χ0v) is 8.54. The topological polar surface area (TPSA) is 55.1 Å². The van der Waals surface area contributed by atoms with Crippen LogP contribution in [0.4, 0.5) is 8.78 Å². The molecule has 0 unspecified atom stereocenters. The number of hydrogen-bond acceptors (Lipinski definition) is 2. The Bertz CT molecular complexity index is 340. The second-order valence-electron chi connectivity index (χ2n) is 2.53. The summed E-state index contributed by atoms with van der Waals surface area (Å²) in [5.74, 6) is -1.26. The standard InChI is InChI=1S/C7H7BrF2N2O2/c8-2-4-1-5(7(13)14)12(11-4)3-6(9)10/h1,6H,2-3H2,(H,13,14). The zero-order valence-electron chi connectivity index (χ0n) is 6.95. The Morgan fingerprint density at radius 1 is 1.71 bits per heavy atom. The SMILES string of the molecule is O=C(O)c1cc(CBr)nn1CC(F)F. The molecule has 7 heteroatoms. The summed E-state index contributed by atoms with van der Waals surface area (Å²) in [5.41, 5.74) is 0.197. The number of carboxylic acids is 1. The number of nitrogens with zero attached hydrogens (tertiary/aromatic N) is 2. The number of aromatic carboxylic acids is 1. The predicted octanol–water partition coefficient (Wildman–Crippen LogP) is 1.74. The van der Waals surface area contributed by atoms with E-state index in [2.05, 4.69) is 21.0 Å². The summed E-state index contributed by atoms with van der Waals surface area (Å²) in [4.78, 5) is 10.6. The summed E-state index contributed by atoms with van der Waals surface area (Å²) in [7, 11) is 0. The Hall–Kier alpha value is -0.980. The van der Waals surface area contributed by atoms with Crippen LogP contribution in [0.1, 0.15) is 16.2 Å². The molecular formula is C7H7BrF2N2O2. The van der Waals surface area contributed by atoms with E-state index < -0.39 is 18.9 Å². The Morgan fingerprint density at radius 2 is 2.36 bits per heavy atom. The fourth-order valence-corrected chi connectivity index (χ4v) is 1.25. The lowest BCUT2D eigenvalue weighted by Crippen LogP contribution is -2.14. The molecule has 0 saturated carbocycles. The highest BCUT2D eigenvalue weighted by Crippen LogP contribution is 2.10. The monoisotopic (exact) mass is 268 g/mol. The van der Waals surface area contributed by atoms with Gasteiger partial charge in [-0.3, -0.25) is 4.68 Å². The van der Waals surface area contributed by atoms with E-state index >= 15 is 0 Å². The quantitative estimate of drug-likeness (QED) is 0.847. The lowest BCUT2D eigenvalue weighted by molar-refractivity contribution is 0.0671. The van der Waals surface area contributed by atoms with Crippen LogP contribution in [0.25, 0.3) is 0 Å². The van der Waals surface area contributed by atoms with E-state index in [1.165, 1.54) is 6.07 Å². The maximum atomic E-state index is 12.0. The van der Waals surface area contributed by atoms with Crippen molar-refractivity contribution >= 4 is 21.9 Å². The van der Waals surface area contributed by atoms with Crippen molar-refractivity contribution in [3.05, 3.63) is 17.5 Å². The van der Waals surface area contributed by atoms with Gasteiger partial charge in [-0.05, 0) is 6.07 Å². The van der Waals surface area contributed by atoms with Crippen molar-refractivity contribution in [1.82, 2.24) is 9.78 Å². The van der Waals surface area contributed by atoms with E-state index in [9.17, 15) is 13.6 Å². The van der Waals surface area contributed by atoms with Crippen LogP contribution in [0.2, 0.25) is 0 Å². The highest BCUT2D eigenvalue weighted by molar-refractivity contribution is 9.08. The molecule has 0 atom stereocenters. The normalized spacial score (nSPS) is 10.9. The van der Waals surface area contributed by atoms with Crippen LogP contribution in [0, 0.1) is 0 Å². The number of hydrogen-bond donors (Lipinski definition) is 1. The van der Waals surface area contributed by atoms with Crippen molar-refractivity contribution in [3.63, 3.8) is 0 Å². The van der Waals surface area contributed by atoms with Crippen LogP contribution in [0.15, 0.2) is 6.07 Å². The summed E-state index contributed by atoms with van der Waals surface area (Å²) in [6, 6.07) is 1.26. The smallest absolute Gasteiger partial charge is 0.354 e. The van der Waals surface area contributed by atoms with Crippen molar-refractivity contribution in [1.29, 1.82) is 0 Å². The van der Waals surface area contributed by atoms with Crippen molar-refractivity contribution in [2.75, 3.05) is 0 Å². The summed E-state index contributed by atoms with van der Waals surface area (Å²) in [6.07, 6.45) is -2.61. The van der Waals surface area contributed by atoms with Crippen LogP contribution >= 0.6 is 15.9 Å². The minimum atomic E-state index is -2.61. The molecule has 0 aliphatic rings. The van der Waals surface area contributed by atoms with Gasteiger partial charge in [0.2, 0.25) is 0 Å². The summed E-state index contributed by atoms with van der Waals surface area (Å²) in [5, 5.41) is 12.7. The van der Waals surface area contributed by atoms with Gasteiger partial charge in [-0.25, -0.2) is 13.6 Å². The second-order valence-corrected chi connectivity index (χ2v) is 3.09. The lowest BCUT2D eigenvalue weighted by atomic mass is 10.4. The first-order valence-electron chi connectivity index (χ1n) is 3.68. The van der Waals surface area contributed by atoms with Gasteiger partial charge in [-0.1, -0.05) is 15.9 Å². The minimum absolute atomic E-state index is 0.222. The van der Waals surface area contributed by atoms with E-state index in [1.807, 2.05) is 0 Å². The molecular weight excluding hydrogens is 262 g/mol. The Kier molecular flexibility index (Phi) is 3.56. The van der Waals surface area contributed by atoms with Gasteiger partial charge in [-0.15, -0.1) is 0 Å². The molecule has 0 bridgehead atoms. The summed E-state index contributed by atoms with van der Waals surface area (Å²) >= 11 is 3.06. The molecule has 0 radical (unpaired) electrons. The number of rotatable bonds is 4. The Morgan fingerprint density at radius 3 is 2.79 bits per heavy atom. The molecule has 1 aromatic heterocycles. The maximum Gasteiger partial charge on any atom is 0.354 e. The number of halogens is 3. The molecule has 0 aliphatic carbocycles. The van der Waals surface area contributed by atoms with Crippen LogP contribution in [-0.2, 0) is 11.9 Å². The summed E-state index contributed by atoms with van der Waals surface area (Å²) < 4.78 is 24.8. The summed E-state index contributed by atoms with van der Waals surface area (Å²) in [6.45, 7) is -0.700. The van der Waals surface area contributed by atoms with Gasteiger partial charge in [0.15, 0.2) is 0 Å². The first-order valence-corrected chi connectivity index (χ1v) is 4.81. The van der Waals surface area contributed by atoms with Gasteiger partial charge in [-0.2, -0.15) is 5.10 Å². The highest BCUT2D eigenvalue weighted by Gasteiger charge is 2.16. The van der Waals surface area contributed by atoms with Crippen molar-refractivity contribution in [2.24, 2.45) is 0 Å². The first-order chi connectivity index (χ1) is 6.54. The first kappa shape index (κ1) is 11.1. The molecule has 0 fully saturated rings. The highest BCUT2D eigenvalue weighted by atomic mass is 79.9. The Labute approximate surface area is 86.7 Å². The van der Waals surface area contributed by atoms with Gasteiger partial charge in [0.25, 0.3) is 6.43 Å². The third kappa shape index (κ3) is 2.50. The van der Waals surface area contributed by atoms with E-state index in [0.29, 0.717) is 11.0 Å².